The van der Waals surface area contributed by atoms with E-state index in [1.54, 1.807) is 12.1 Å². The van der Waals surface area contributed by atoms with E-state index in [4.69, 9.17) is 11.6 Å². The highest BCUT2D eigenvalue weighted by Gasteiger charge is 2.22. The number of benzene rings is 2. The monoisotopic (exact) mass is 354 g/mol. The number of rotatable bonds is 2. The van der Waals surface area contributed by atoms with Crippen LogP contribution in [0.25, 0.3) is 0 Å². The summed E-state index contributed by atoms with van der Waals surface area (Å²) in [4.78, 5) is 0. The van der Waals surface area contributed by atoms with Crippen molar-refractivity contribution in [1.82, 2.24) is 0 Å². The molecule has 0 heterocycles. The molecule has 0 nitrogen and oxygen atoms in total. The zero-order valence-electron chi connectivity index (χ0n) is 11.8. The molecular formula is C17H17BrClF. The van der Waals surface area contributed by atoms with E-state index >= 15 is 0 Å². The van der Waals surface area contributed by atoms with Crippen molar-refractivity contribution in [2.75, 3.05) is 0 Å². The van der Waals surface area contributed by atoms with Gasteiger partial charge in [-0.15, -0.1) is 11.6 Å². The number of halogens is 3. The molecule has 0 fully saturated rings. The molecule has 2 rings (SSSR count). The van der Waals surface area contributed by atoms with Crippen LogP contribution in [-0.2, 0) is 5.41 Å². The minimum absolute atomic E-state index is 0.0149. The summed E-state index contributed by atoms with van der Waals surface area (Å²) in [6, 6.07) is 13.1. The van der Waals surface area contributed by atoms with Gasteiger partial charge >= 0.3 is 0 Å². The van der Waals surface area contributed by atoms with Crippen molar-refractivity contribution in [3.63, 3.8) is 0 Å². The van der Waals surface area contributed by atoms with E-state index in [1.807, 2.05) is 18.2 Å². The fourth-order valence-corrected chi connectivity index (χ4v) is 2.97. The van der Waals surface area contributed by atoms with E-state index in [9.17, 15) is 4.39 Å². The fourth-order valence-electron chi connectivity index (χ4n) is 2.25. The molecule has 0 radical (unpaired) electrons. The summed E-state index contributed by atoms with van der Waals surface area (Å²) in [6.07, 6.45) is 0. The number of hydrogen-bond acceptors (Lipinski definition) is 0. The lowest BCUT2D eigenvalue weighted by Gasteiger charge is -2.25. The second-order valence-corrected chi connectivity index (χ2v) is 7.16. The number of alkyl halides is 1. The van der Waals surface area contributed by atoms with Crippen molar-refractivity contribution in [3.05, 3.63) is 69.4 Å². The summed E-state index contributed by atoms with van der Waals surface area (Å²) < 4.78 is 13.8. The van der Waals surface area contributed by atoms with Crippen LogP contribution in [0.2, 0.25) is 0 Å². The third-order valence-electron chi connectivity index (χ3n) is 3.28. The zero-order chi connectivity index (χ0) is 14.9. The average Bonchev–Trinajstić information content (AvgIpc) is 2.40. The Morgan fingerprint density at radius 2 is 1.75 bits per heavy atom. The normalized spacial score (nSPS) is 13.3. The van der Waals surface area contributed by atoms with Crippen LogP contribution in [0.4, 0.5) is 4.39 Å². The van der Waals surface area contributed by atoms with Gasteiger partial charge in [0, 0.05) is 0 Å². The van der Waals surface area contributed by atoms with Gasteiger partial charge in [-0.2, -0.15) is 0 Å². The summed E-state index contributed by atoms with van der Waals surface area (Å²) in [7, 11) is 0. The Kier molecular flexibility index (Phi) is 4.55. The molecule has 106 valence electrons. The maximum absolute atomic E-state index is 13.3. The van der Waals surface area contributed by atoms with Crippen LogP contribution < -0.4 is 0 Å². The molecule has 2 aromatic rings. The Hall–Kier alpha value is -0.860. The molecular weight excluding hydrogens is 339 g/mol. The van der Waals surface area contributed by atoms with Crippen LogP contribution in [0.1, 0.15) is 42.8 Å². The Morgan fingerprint density at radius 1 is 1.10 bits per heavy atom. The van der Waals surface area contributed by atoms with Gasteiger partial charge in [0.1, 0.15) is 5.82 Å². The minimum Gasteiger partial charge on any atom is -0.206 e. The van der Waals surface area contributed by atoms with E-state index in [0.29, 0.717) is 4.47 Å². The molecule has 0 aliphatic carbocycles. The Bertz CT molecular complexity index is 617. The largest absolute Gasteiger partial charge is 0.206 e. The Morgan fingerprint density at radius 3 is 2.35 bits per heavy atom. The topological polar surface area (TPSA) is 0 Å². The molecule has 0 spiro atoms. The van der Waals surface area contributed by atoms with Crippen molar-refractivity contribution in [1.29, 1.82) is 0 Å². The van der Waals surface area contributed by atoms with Gasteiger partial charge in [0.25, 0.3) is 0 Å². The lowest BCUT2D eigenvalue weighted by molar-refractivity contribution is 0.583. The lowest BCUT2D eigenvalue weighted by Crippen LogP contribution is -2.15. The van der Waals surface area contributed by atoms with Crippen LogP contribution in [0.5, 0.6) is 0 Å². The molecule has 0 bridgehead atoms. The quantitative estimate of drug-likeness (QED) is 0.561. The highest BCUT2D eigenvalue weighted by atomic mass is 79.9. The van der Waals surface area contributed by atoms with Gasteiger partial charge in [0.05, 0.1) is 9.85 Å². The zero-order valence-corrected chi connectivity index (χ0v) is 14.1. The van der Waals surface area contributed by atoms with Crippen LogP contribution in [0.15, 0.2) is 46.9 Å². The molecule has 1 atom stereocenters. The summed E-state index contributed by atoms with van der Waals surface area (Å²) in [5.74, 6) is -0.276. The smallest absolute Gasteiger partial charge is 0.137 e. The van der Waals surface area contributed by atoms with E-state index in [1.165, 1.54) is 11.6 Å². The van der Waals surface area contributed by atoms with Gasteiger partial charge in [-0.25, -0.2) is 4.39 Å². The SMILES string of the molecule is CC(C)(C)c1ccccc1C(Cl)c1ccc(F)c(Br)c1. The summed E-state index contributed by atoms with van der Waals surface area (Å²) in [5, 5.41) is -0.290. The molecule has 0 aromatic heterocycles. The predicted molar refractivity (Wildman–Crippen MR) is 86.9 cm³/mol. The van der Waals surface area contributed by atoms with E-state index in [-0.39, 0.29) is 16.6 Å². The van der Waals surface area contributed by atoms with Gasteiger partial charge in [0.2, 0.25) is 0 Å². The van der Waals surface area contributed by atoms with Gasteiger partial charge in [-0.3, -0.25) is 0 Å². The molecule has 0 saturated heterocycles. The molecule has 2 aromatic carbocycles. The van der Waals surface area contributed by atoms with Gasteiger partial charge in [-0.1, -0.05) is 51.1 Å². The molecule has 0 N–H and O–H groups in total. The van der Waals surface area contributed by atoms with Gasteiger partial charge in [0.15, 0.2) is 0 Å². The van der Waals surface area contributed by atoms with Crippen molar-refractivity contribution < 1.29 is 4.39 Å². The van der Waals surface area contributed by atoms with E-state index in [0.717, 1.165) is 11.1 Å². The molecule has 1 unspecified atom stereocenters. The number of hydrogen-bond donors (Lipinski definition) is 0. The van der Waals surface area contributed by atoms with Crippen LogP contribution in [-0.4, -0.2) is 0 Å². The van der Waals surface area contributed by atoms with Crippen molar-refractivity contribution in [2.45, 2.75) is 31.6 Å². The molecule has 20 heavy (non-hydrogen) atoms. The standard InChI is InChI=1S/C17H17BrClF/c1-17(2,3)13-7-5-4-6-12(13)16(19)11-8-9-15(20)14(18)10-11/h4-10,16H,1-3H3. The van der Waals surface area contributed by atoms with Crippen LogP contribution in [0.3, 0.4) is 0 Å². The Labute approximate surface area is 133 Å². The van der Waals surface area contributed by atoms with Crippen molar-refractivity contribution in [3.8, 4) is 0 Å². The second-order valence-electron chi connectivity index (χ2n) is 5.87. The van der Waals surface area contributed by atoms with Crippen molar-refractivity contribution in [2.24, 2.45) is 0 Å². The van der Waals surface area contributed by atoms with Crippen LogP contribution >= 0.6 is 27.5 Å². The molecule has 0 saturated carbocycles. The minimum atomic E-state index is -0.290. The second kappa shape index (κ2) is 5.87. The summed E-state index contributed by atoms with van der Waals surface area (Å²) in [6.45, 7) is 6.49. The first-order valence-corrected chi connectivity index (χ1v) is 7.72. The predicted octanol–water partition coefficient (Wildman–Crippen LogP) is 6.21. The van der Waals surface area contributed by atoms with Crippen LogP contribution in [0, 0.1) is 5.82 Å². The summed E-state index contributed by atoms with van der Waals surface area (Å²) >= 11 is 9.84. The lowest BCUT2D eigenvalue weighted by atomic mass is 9.82. The molecule has 0 aliphatic heterocycles. The first-order chi connectivity index (χ1) is 9.30. The molecule has 3 heteroatoms. The Balaban J connectivity index is 2.48. The molecule has 0 amide bonds. The maximum atomic E-state index is 13.3. The first-order valence-electron chi connectivity index (χ1n) is 6.49. The average molecular weight is 356 g/mol. The third kappa shape index (κ3) is 3.24. The summed E-state index contributed by atoms with van der Waals surface area (Å²) in [5.41, 5.74) is 3.18. The highest BCUT2D eigenvalue weighted by Crippen LogP contribution is 2.37. The van der Waals surface area contributed by atoms with Gasteiger partial charge < -0.3 is 0 Å². The van der Waals surface area contributed by atoms with Gasteiger partial charge in [-0.05, 0) is 50.2 Å². The fraction of sp³-hybridized carbons (Fsp3) is 0.294. The first kappa shape index (κ1) is 15.5. The van der Waals surface area contributed by atoms with Crippen molar-refractivity contribution >= 4 is 27.5 Å². The van der Waals surface area contributed by atoms with E-state index < -0.39 is 0 Å². The highest BCUT2D eigenvalue weighted by molar-refractivity contribution is 9.10. The third-order valence-corrected chi connectivity index (χ3v) is 4.37. The molecule has 0 aliphatic rings. The maximum Gasteiger partial charge on any atom is 0.137 e. The van der Waals surface area contributed by atoms with E-state index in [2.05, 4.69) is 42.8 Å².